The number of halogens is 1. The minimum atomic E-state index is -0.897. The van der Waals surface area contributed by atoms with Crippen molar-refractivity contribution in [2.24, 2.45) is 0 Å². The summed E-state index contributed by atoms with van der Waals surface area (Å²) >= 11 is 2.47. The number of nitrogens with zero attached hydrogens (tertiary/aromatic N) is 2. The molecule has 0 saturated carbocycles. The maximum Gasteiger partial charge on any atom is 0.245 e. The molecule has 3 rings (SSSR count). The average molecular weight is 335 g/mol. The lowest BCUT2D eigenvalue weighted by molar-refractivity contribution is -0.115. The molecule has 8 heteroatoms. The molecule has 1 aromatic carbocycles. The first-order valence-electron chi connectivity index (χ1n) is 6.27. The third-order valence-corrected chi connectivity index (χ3v) is 4.76. The molecule has 0 radical (unpaired) electrons. The van der Waals surface area contributed by atoms with Crippen LogP contribution in [0, 0.1) is 5.82 Å². The second-order valence-electron chi connectivity index (χ2n) is 4.43. The first-order valence-corrected chi connectivity index (χ1v) is 8.37. The smallest absolute Gasteiger partial charge is 0.245 e. The largest absolute Gasteiger partial charge is 0.325 e. The molecule has 0 bridgehead atoms. The second kappa shape index (κ2) is 6.05. The molecule has 1 atom stereocenters. The van der Waals surface area contributed by atoms with E-state index in [0.29, 0.717) is 21.4 Å². The summed E-state index contributed by atoms with van der Waals surface area (Å²) in [6.45, 7) is 0. The van der Waals surface area contributed by atoms with E-state index < -0.39 is 17.0 Å². The zero-order valence-electron chi connectivity index (χ0n) is 11.4. The summed E-state index contributed by atoms with van der Waals surface area (Å²) in [5.41, 5.74) is 0.800. The lowest BCUT2D eigenvalue weighted by atomic mass is 10.1. The summed E-state index contributed by atoms with van der Waals surface area (Å²) in [5.74, 6) is -1.16. The molecule has 0 saturated heterocycles. The minimum absolute atomic E-state index is 0.313. The van der Waals surface area contributed by atoms with E-state index in [9.17, 15) is 14.0 Å². The molecular weight excluding hydrogens is 325 g/mol. The molecule has 112 valence electrons. The molecule has 1 aliphatic rings. The Morgan fingerprint density at radius 2 is 2.09 bits per heavy atom. The first-order chi connectivity index (χ1) is 10.6. The Hall–Kier alpha value is -1.93. The van der Waals surface area contributed by atoms with Crippen molar-refractivity contribution in [3.8, 4) is 0 Å². The van der Waals surface area contributed by atoms with Crippen molar-refractivity contribution < 1.29 is 14.0 Å². The quantitative estimate of drug-likeness (QED) is 0.402. The molecule has 1 unspecified atom stereocenters. The van der Waals surface area contributed by atoms with E-state index in [1.165, 1.54) is 42.2 Å². The topological polar surface area (TPSA) is 72.0 Å². The van der Waals surface area contributed by atoms with Crippen LogP contribution in [-0.2, 0) is 4.79 Å². The molecule has 1 aromatic heterocycles. The van der Waals surface area contributed by atoms with Crippen molar-refractivity contribution in [3.05, 3.63) is 41.8 Å². The Kier molecular flexibility index (Phi) is 4.12. The lowest BCUT2D eigenvalue weighted by Gasteiger charge is -2.08. The summed E-state index contributed by atoms with van der Waals surface area (Å²) in [5, 5.41) is 2.78. The predicted molar refractivity (Wildman–Crippen MR) is 82.8 cm³/mol. The van der Waals surface area contributed by atoms with Crippen LogP contribution in [0.4, 0.5) is 10.1 Å². The van der Waals surface area contributed by atoms with E-state index in [0.717, 1.165) is 11.8 Å². The zero-order valence-corrected chi connectivity index (χ0v) is 13.0. The van der Waals surface area contributed by atoms with Gasteiger partial charge in [0.2, 0.25) is 5.91 Å². The van der Waals surface area contributed by atoms with Crippen LogP contribution in [0.5, 0.6) is 0 Å². The average Bonchev–Trinajstić information content (AvgIpc) is 2.86. The Morgan fingerprint density at radius 3 is 2.77 bits per heavy atom. The third-order valence-electron chi connectivity index (χ3n) is 3.00. The Morgan fingerprint density at radius 1 is 1.36 bits per heavy atom. The van der Waals surface area contributed by atoms with Gasteiger partial charge in [-0.2, -0.15) is 0 Å². The van der Waals surface area contributed by atoms with Gasteiger partial charge in [-0.3, -0.25) is 9.59 Å². The Labute approximate surface area is 134 Å². The highest BCUT2D eigenvalue weighted by Crippen LogP contribution is 2.36. The minimum Gasteiger partial charge on any atom is -0.325 e. The van der Waals surface area contributed by atoms with E-state index in [-0.39, 0.29) is 5.78 Å². The van der Waals surface area contributed by atoms with E-state index in [4.69, 9.17) is 0 Å². The van der Waals surface area contributed by atoms with Gasteiger partial charge in [-0.05, 0) is 30.5 Å². The summed E-state index contributed by atoms with van der Waals surface area (Å²) in [7, 11) is 0. The number of nitrogens with one attached hydrogen (secondary N) is 1. The molecule has 22 heavy (non-hydrogen) atoms. The van der Waals surface area contributed by atoms with Crippen molar-refractivity contribution in [2.75, 3.05) is 11.6 Å². The van der Waals surface area contributed by atoms with Crippen LogP contribution in [-0.4, -0.2) is 33.2 Å². The number of aromatic nitrogens is 2. The van der Waals surface area contributed by atoms with Crippen LogP contribution in [0.1, 0.15) is 10.4 Å². The van der Waals surface area contributed by atoms with Crippen LogP contribution in [0.15, 0.2) is 40.6 Å². The second-order valence-corrected chi connectivity index (χ2v) is 6.30. The van der Waals surface area contributed by atoms with Crippen LogP contribution >= 0.6 is 23.5 Å². The number of carbonyl (C=O) groups is 2. The van der Waals surface area contributed by atoms with Crippen molar-refractivity contribution in [3.63, 3.8) is 0 Å². The summed E-state index contributed by atoms with van der Waals surface area (Å²) in [4.78, 5) is 32.8. The van der Waals surface area contributed by atoms with Gasteiger partial charge in [0.1, 0.15) is 10.8 Å². The third kappa shape index (κ3) is 2.84. The highest BCUT2D eigenvalue weighted by atomic mass is 32.2. The van der Waals surface area contributed by atoms with Gasteiger partial charge in [-0.15, -0.1) is 0 Å². The fraction of sp³-hybridized carbons (Fsp3) is 0.143. The van der Waals surface area contributed by atoms with Crippen LogP contribution in [0.25, 0.3) is 0 Å². The highest BCUT2D eigenvalue weighted by Gasteiger charge is 2.38. The molecule has 2 heterocycles. The number of anilines is 1. The maximum absolute atomic E-state index is 12.8. The summed E-state index contributed by atoms with van der Waals surface area (Å²) in [6.07, 6.45) is 3.29. The van der Waals surface area contributed by atoms with Gasteiger partial charge in [0.05, 0.1) is 5.56 Å². The van der Waals surface area contributed by atoms with Crippen LogP contribution in [0.2, 0.25) is 0 Å². The Bertz CT molecular complexity index is 752. The molecule has 0 aliphatic carbocycles. The zero-order chi connectivity index (χ0) is 15.7. The molecule has 0 spiro atoms. The van der Waals surface area contributed by atoms with Crippen LogP contribution in [0.3, 0.4) is 0 Å². The summed E-state index contributed by atoms with van der Waals surface area (Å²) in [6, 6.07) is 5.36. The molecular formula is C14H10FN3O2S2. The number of amides is 1. The number of carbonyl (C=O) groups excluding carboxylic acids is 2. The van der Waals surface area contributed by atoms with Gasteiger partial charge in [0.15, 0.2) is 16.2 Å². The molecule has 5 nitrogen and oxygen atoms in total. The van der Waals surface area contributed by atoms with Gasteiger partial charge < -0.3 is 5.32 Å². The van der Waals surface area contributed by atoms with Gasteiger partial charge in [0, 0.05) is 11.9 Å². The number of fused-ring (bicyclic) bond motifs is 1. The van der Waals surface area contributed by atoms with Gasteiger partial charge >= 0.3 is 0 Å². The van der Waals surface area contributed by atoms with Gasteiger partial charge in [-0.25, -0.2) is 14.4 Å². The van der Waals surface area contributed by atoms with Crippen molar-refractivity contribution in [1.82, 2.24) is 9.97 Å². The molecule has 1 amide bonds. The van der Waals surface area contributed by atoms with Gasteiger partial charge in [-0.1, -0.05) is 23.5 Å². The number of hydrogen-bond acceptors (Lipinski definition) is 6. The lowest BCUT2D eigenvalue weighted by Crippen LogP contribution is -2.29. The SMILES string of the molecule is CSc1ncc2c(n1)SC(C(=O)Nc1ccc(F)cc1)C2=O. The van der Waals surface area contributed by atoms with E-state index in [1.807, 2.05) is 6.26 Å². The molecule has 2 aromatic rings. The molecule has 1 aliphatic heterocycles. The molecule has 1 N–H and O–H groups in total. The normalized spacial score (nSPS) is 16.5. The summed E-state index contributed by atoms with van der Waals surface area (Å²) < 4.78 is 12.8. The van der Waals surface area contributed by atoms with E-state index >= 15 is 0 Å². The van der Waals surface area contributed by atoms with Gasteiger partial charge in [0.25, 0.3) is 0 Å². The van der Waals surface area contributed by atoms with Crippen molar-refractivity contribution in [2.45, 2.75) is 15.4 Å². The molecule has 0 fully saturated rings. The Balaban J connectivity index is 1.77. The van der Waals surface area contributed by atoms with E-state index in [1.54, 1.807) is 0 Å². The number of thioether (sulfide) groups is 2. The fourth-order valence-corrected chi connectivity index (χ4v) is 3.37. The van der Waals surface area contributed by atoms with Crippen LogP contribution < -0.4 is 5.32 Å². The number of ketones is 1. The maximum atomic E-state index is 12.8. The predicted octanol–water partition coefficient (Wildman–Crippen LogP) is 2.63. The highest BCUT2D eigenvalue weighted by molar-refractivity contribution is 8.02. The van der Waals surface area contributed by atoms with Crippen molar-refractivity contribution >= 4 is 40.9 Å². The number of rotatable bonds is 3. The fourth-order valence-electron chi connectivity index (χ4n) is 1.93. The number of hydrogen-bond donors (Lipinski definition) is 1. The number of Topliss-reactive ketones (excluding diaryl/α,β-unsaturated/α-hetero) is 1. The standard InChI is InChI=1S/C14H10FN3O2S2/c1-21-14-16-6-9-10(19)11(22-13(9)18-14)12(20)17-8-4-2-7(15)3-5-8/h2-6,11H,1H3,(H,17,20). The number of benzene rings is 1. The van der Waals surface area contributed by atoms with E-state index in [2.05, 4.69) is 15.3 Å². The first kappa shape index (κ1) is 15.0. The van der Waals surface area contributed by atoms with Crippen molar-refractivity contribution in [1.29, 1.82) is 0 Å². The monoisotopic (exact) mass is 335 g/mol.